The number of aromatic carboxylic acids is 2. The van der Waals surface area contributed by atoms with E-state index in [1.165, 1.54) is 89.2 Å². The van der Waals surface area contributed by atoms with E-state index >= 15 is 0 Å². The first-order valence-corrected chi connectivity index (χ1v) is 12.7. The van der Waals surface area contributed by atoms with Crippen molar-refractivity contribution in [2.24, 2.45) is 0 Å². The second kappa shape index (κ2) is 20.1. The van der Waals surface area contributed by atoms with Crippen LogP contribution in [0.15, 0.2) is 48.5 Å². The molecule has 0 atom stereocenters. The Balaban J connectivity index is 0.000000532. The predicted octanol–water partition coefficient (Wildman–Crippen LogP) is 5.41. The standard InChI is InChI=1S/C14H32N2.2C7H6O3/c1-5-9-15(10-6-2)13-14-16(11-7-3)12-8-4;2*8-6-4-2-1-3-5(6)7(9)10/h5-14H2,1-4H3;2*1-4,8H,(H,9,10). The van der Waals surface area contributed by atoms with Crippen LogP contribution in [-0.2, 0) is 0 Å². The molecule has 0 unspecified atom stereocenters. The number of benzene rings is 2. The van der Waals surface area contributed by atoms with E-state index in [0.29, 0.717) is 0 Å². The molecule has 2 aromatic rings. The fraction of sp³-hybridized carbons (Fsp3) is 0.500. The Bertz CT molecular complexity index is 791. The van der Waals surface area contributed by atoms with Crippen LogP contribution in [0.3, 0.4) is 0 Å². The second-order valence-electron chi connectivity index (χ2n) is 8.33. The average molecular weight is 505 g/mol. The molecule has 0 aliphatic heterocycles. The highest BCUT2D eigenvalue weighted by atomic mass is 16.4. The molecule has 36 heavy (non-hydrogen) atoms. The molecule has 0 heterocycles. The minimum atomic E-state index is -1.11. The summed E-state index contributed by atoms with van der Waals surface area (Å²) in [5.74, 6) is -2.62. The highest BCUT2D eigenvalue weighted by Crippen LogP contribution is 2.15. The van der Waals surface area contributed by atoms with E-state index in [9.17, 15) is 9.59 Å². The maximum atomic E-state index is 10.3. The van der Waals surface area contributed by atoms with E-state index in [1.54, 1.807) is 24.3 Å². The van der Waals surface area contributed by atoms with Crippen LogP contribution in [0.5, 0.6) is 11.5 Å². The van der Waals surface area contributed by atoms with E-state index < -0.39 is 11.9 Å². The molecule has 0 bridgehead atoms. The van der Waals surface area contributed by atoms with Crippen molar-refractivity contribution >= 4 is 11.9 Å². The topological polar surface area (TPSA) is 122 Å². The lowest BCUT2D eigenvalue weighted by atomic mass is 10.2. The predicted molar refractivity (Wildman–Crippen MR) is 144 cm³/mol. The van der Waals surface area contributed by atoms with Gasteiger partial charge in [0.1, 0.15) is 22.6 Å². The first kappa shape index (κ1) is 32.9. The summed E-state index contributed by atoms with van der Waals surface area (Å²) in [4.78, 5) is 25.7. The minimum absolute atomic E-state index is 0.0671. The van der Waals surface area contributed by atoms with Gasteiger partial charge in [-0.25, -0.2) is 9.59 Å². The van der Waals surface area contributed by atoms with E-state index in [0.717, 1.165) is 0 Å². The Morgan fingerprint density at radius 1 is 0.556 bits per heavy atom. The van der Waals surface area contributed by atoms with Gasteiger partial charge in [0, 0.05) is 13.1 Å². The third kappa shape index (κ3) is 14.3. The van der Waals surface area contributed by atoms with Gasteiger partial charge in [-0.15, -0.1) is 0 Å². The van der Waals surface area contributed by atoms with Crippen LogP contribution in [0, 0.1) is 0 Å². The number of carbonyl (C=O) groups is 2. The van der Waals surface area contributed by atoms with Gasteiger partial charge in [0.2, 0.25) is 0 Å². The molecular weight excluding hydrogens is 460 g/mol. The first-order valence-electron chi connectivity index (χ1n) is 12.7. The smallest absolute Gasteiger partial charge is 0.339 e. The van der Waals surface area contributed by atoms with Crippen LogP contribution in [0.25, 0.3) is 0 Å². The number of phenols is 2. The number of hydrogen-bond donors (Lipinski definition) is 4. The molecule has 8 nitrogen and oxygen atoms in total. The van der Waals surface area contributed by atoms with Gasteiger partial charge in [0.15, 0.2) is 0 Å². The summed E-state index contributed by atoms with van der Waals surface area (Å²) in [6, 6.07) is 11.6. The number of rotatable bonds is 13. The van der Waals surface area contributed by atoms with Crippen LogP contribution < -0.4 is 0 Å². The number of hydrogen-bond acceptors (Lipinski definition) is 6. The molecule has 8 heteroatoms. The van der Waals surface area contributed by atoms with Crippen LogP contribution in [0.4, 0.5) is 0 Å². The van der Waals surface area contributed by atoms with Crippen molar-refractivity contribution in [3.05, 3.63) is 59.7 Å². The molecule has 0 amide bonds. The zero-order valence-electron chi connectivity index (χ0n) is 22.2. The maximum Gasteiger partial charge on any atom is 0.339 e. The molecule has 0 aliphatic rings. The Morgan fingerprint density at radius 3 is 1.03 bits per heavy atom. The number of carboxylic acids is 2. The van der Waals surface area contributed by atoms with Gasteiger partial charge in [-0.1, -0.05) is 52.0 Å². The largest absolute Gasteiger partial charge is 0.507 e. The summed E-state index contributed by atoms with van der Waals surface area (Å²) in [6.07, 6.45) is 5.12. The summed E-state index contributed by atoms with van der Waals surface area (Å²) < 4.78 is 0. The van der Waals surface area contributed by atoms with Crippen molar-refractivity contribution in [3.8, 4) is 11.5 Å². The highest BCUT2D eigenvalue weighted by molar-refractivity contribution is 5.91. The lowest BCUT2D eigenvalue weighted by molar-refractivity contribution is 0.0682. The van der Waals surface area contributed by atoms with Crippen molar-refractivity contribution in [1.29, 1.82) is 0 Å². The highest BCUT2D eigenvalue weighted by Gasteiger charge is 2.07. The van der Waals surface area contributed by atoms with Gasteiger partial charge in [-0.05, 0) is 76.1 Å². The molecule has 4 N–H and O–H groups in total. The fourth-order valence-corrected chi connectivity index (χ4v) is 3.53. The molecule has 0 saturated heterocycles. The Labute approximate surface area is 215 Å². The fourth-order valence-electron chi connectivity index (χ4n) is 3.53. The van der Waals surface area contributed by atoms with Crippen LogP contribution in [-0.4, -0.2) is 81.4 Å². The van der Waals surface area contributed by atoms with Gasteiger partial charge < -0.3 is 30.2 Å². The summed E-state index contributed by atoms with van der Waals surface area (Å²) in [6.45, 7) is 16.7. The van der Waals surface area contributed by atoms with Crippen molar-refractivity contribution in [2.45, 2.75) is 53.4 Å². The molecule has 0 aliphatic carbocycles. The molecule has 0 aromatic heterocycles. The van der Waals surface area contributed by atoms with E-state index in [2.05, 4.69) is 37.5 Å². The third-order valence-electron chi connectivity index (χ3n) is 5.16. The lowest BCUT2D eigenvalue weighted by Crippen LogP contribution is -2.36. The van der Waals surface area contributed by atoms with Gasteiger partial charge in [0.05, 0.1) is 0 Å². The molecule has 0 spiro atoms. The van der Waals surface area contributed by atoms with Gasteiger partial charge in [-0.2, -0.15) is 0 Å². The molecule has 202 valence electrons. The number of carboxylic acid groups (broad SMARTS) is 2. The molecule has 0 radical (unpaired) electrons. The Kier molecular flexibility index (Phi) is 18.4. The second-order valence-corrected chi connectivity index (χ2v) is 8.33. The van der Waals surface area contributed by atoms with Crippen LogP contribution in [0.1, 0.15) is 74.1 Å². The van der Waals surface area contributed by atoms with Crippen molar-refractivity contribution < 1.29 is 30.0 Å². The summed E-state index contributed by atoms with van der Waals surface area (Å²) in [5, 5.41) is 34.6. The number of para-hydroxylation sites is 2. The third-order valence-corrected chi connectivity index (χ3v) is 5.16. The first-order chi connectivity index (χ1) is 17.2. The summed E-state index contributed by atoms with van der Waals surface area (Å²) in [7, 11) is 0. The molecule has 2 aromatic carbocycles. The zero-order chi connectivity index (χ0) is 27.3. The Hall–Kier alpha value is -3.10. The zero-order valence-corrected chi connectivity index (χ0v) is 22.2. The van der Waals surface area contributed by atoms with E-state index in [-0.39, 0.29) is 22.6 Å². The van der Waals surface area contributed by atoms with E-state index in [1.807, 2.05) is 0 Å². The van der Waals surface area contributed by atoms with Crippen molar-refractivity contribution in [1.82, 2.24) is 9.80 Å². The summed E-state index contributed by atoms with van der Waals surface area (Å²) >= 11 is 0. The number of aromatic hydroxyl groups is 2. The van der Waals surface area contributed by atoms with Gasteiger partial charge in [0.25, 0.3) is 0 Å². The molecular formula is C28H44N2O6. The van der Waals surface area contributed by atoms with Crippen LogP contribution in [0.2, 0.25) is 0 Å². The Morgan fingerprint density at radius 2 is 0.833 bits per heavy atom. The molecule has 2 rings (SSSR count). The average Bonchev–Trinajstić information content (AvgIpc) is 2.84. The number of nitrogens with zero attached hydrogens (tertiary/aromatic N) is 2. The normalized spacial score (nSPS) is 10.3. The minimum Gasteiger partial charge on any atom is -0.507 e. The van der Waals surface area contributed by atoms with Gasteiger partial charge in [-0.3, -0.25) is 0 Å². The van der Waals surface area contributed by atoms with Crippen molar-refractivity contribution in [2.75, 3.05) is 39.3 Å². The molecule has 0 fully saturated rings. The molecule has 0 saturated carbocycles. The SMILES string of the molecule is CCCN(CCC)CCN(CCC)CCC.O=C(O)c1ccccc1O.O=C(O)c1ccccc1O. The quantitative estimate of drug-likeness (QED) is 0.286. The van der Waals surface area contributed by atoms with Crippen LogP contribution >= 0.6 is 0 Å². The van der Waals surface area contributed by atoms with Gasteiger partial charge >= 0.3 is 11.9 Å². The van der Waals surface area contributed by atoms with Crippen molar-refractivity contribution in [3.63, 3.8) is 0 Å². The van der Waals surface area contributed by atoms with E-state index in [4.69, 9.17) is 20.4 Å². The maximum absolute atomic E-state index is 10.3. The lowest BCUT2D eigenvalue weighted by Gasteiger charge is -2.26. The monoisotopic (exact) mass is 504 g/mol. The summed E-state index contributed by atoms with van der Waals surface area (Å²) in [5.41, 5.74) is -0.134.